The number of methoxy groups -OCH3 is 2. The minimum absolute atomic E-state index is 0.0881. The summed E-state index contributed by atoms with van der Waals surface area (Å²) in [5.74, 6) is 1.29. The van der Waals surface area contributed by atoms with Gasteiger partial charge in [-0.3, -0.25) is 4.79 Å². The average Bonchev–Trinajstić information content (AvgIpc) is 2.50. The van der Waals surface area contributed by atoms with Gasteiger partial charge < -0.3 is 14.8 Å². The van der Waals surface area contributed by atoms with Crippen molar-refractivity contribution < 1.29 is 14.3 Å². The maximum Gasteiger partial charge on any atom is 0.228 e. The summed E-state index contributed by atoms with van der Waals surface area (Å²) in [7, 11) is 3.19. The van der Waals surface area contributed by atoms with Crippen LogP contribution < -0.4 is 14.8 Å². The van der Waals surface area contributed by atoms with E-state index in [9.17, 15) is 4.79 Å². The van der Waals surface area contributed by atoms with Gasteiger partial charge in [-0.25, -0.2) is 0 Å². The molecule has 2 aromatic carbocycles. The first-order chi connectivity index (χ1) is 10.5. The lowest BCUT2D eigenvalue weighted by molar-refractivity contribution is -0.115. The molecule has 0 heterocycles. The number of carbonyl (C=O) groups excluding carboxylic acids is 1. The van der Waals surface area contributed by atoms with Gasteiger partial charge in [0.2, 0.25) is 5.91 Å². The highest BCUT2D eigenvalue weighted by Crippen LogP contribution is 2.25. The molecule has 0 aliphatic heterocycles. The number of carbonyl (C=O) groups is 1. The van der Waals surface area contributed by atoms with E-state index < -0.39 is 0 Å². The number of anilines is 1. The predicted octanol–water partition coefficient (Wildman–Crippen LogP) is 3.50. The average molecular weight is 299 g/mol. The van der Waals surface area contributed by atoms with Crippen molar-refractivity contribution in [2.45, 2.75) is 20.3 Å². The van der Waals surface area contributed by atoms with Gasteiger partial charge in [-0.05, 0) is 55.3 Å². The number of hydrogen-bond acceptors (Lipinski definition) is 3. The Morgan fingerprint density at radius 3 is 2.41 bits per heavy atom. The van der Waals surface area contributed by atoms with Gasteiger partial charge in [0.1, 0.15) is 11.5 Å². The van der Waals surface area contributed by atoms with Gasteiger partial charge in [-0.2, -0.15) is 0 Å². The van der Waals surface area contributed by atoms with Crippen LogP contribution in [0.1, 0.15) is 16.7 Å². The largest absolute Gasteiger partial charge is 0.497 e. The van der Waals surface area contributed by atoms with E-state index in [1.54, 1.807) is 20.3 Å². The van der Waals surface area contributed by atoms with Crippen molar-refractivity contribution >= 4 is 11.6 Å². The highest BCUT2D eigenvalue weighted by molar-refractivity contribution is 5.92. The van der Waals surface area contributed by atoms with Crippen LogP contribution in [0.4, 0.5) is 5.69 Å². The van der Waals surface area contributed by atoms with E-state index in [4.69, 9.17) is 9.47 Å². The third-order valence-electron chi connectivity index (χ3n) is 3.63. The molecule has 0 atom stereocenters. The second-order valence-corrected chi connectivity index (χ2v) is 5.20. The minimum atomic E-state index is -0.0881. The first-order valence-electron chi connectivity index (χ1n) is 7.11. The van der Waals surface area contributed by atoms with Crippen molar-refractivity contribution in [3.8, 4) is 11.5 Å². The molecule has 0 saturated heterocycles. The molecule has 0 aliphatic rings. The van der Waals surface area contributed by atoms with Crippen LogP contribution in [0, 0.1) is 13.8 Å². The topological polar surface area (TPSA) is 47.6 Å². The summed E-state index contributed by atoms with van der Waals surface area (Å²) in [6, 6.07) is 11.3. The first-order valence-corrected chi connectivity index (χ1v) is 7.11. The van der Waals surface area contributed by atoms with Crippen molar-refractivity contribution in [3.63, 3.8) is 0 Å². The van der Waals surface area contributed by atoms with Gasteiger partial charge >= 0.3 is 0 Å². The maximum atomic E-state index is 12.2. The Labute approximate surface area is 131 Å². The Hall–Kier alpha value is -2.49. The van der Waals surface area contributed by atoms with E-state index in [1.165, 1.54) is 5.56 Å². The van der Waals surface area contributed by atoms with E-state index in [1.807, 2.05) is 44.2 Å². The summed E-state index contributed by atoms with van der Waals surface area (Å²) in [5.41, 5.74) is 3.95. The van der Waals surface area contributed by atoms with Crippen LogP contribution in [0.15, 0.2) is 36.4 Å². The Kier molecular flexibility index (Phi) is 5.04. The standard InChI is InChI=1S/C18H21NO3/c1-12-5-6-15(9-13(12)2)19-18(20)11-14-10-16(21-3)7-8-17(14)22-4/h5-10H,11H2,1-4H3,(H,19,20). The molecular weight excluding hydrogens is 278 g/mol. The Balaban J connectivity index is 2.12. The molecule has 2 aromatic rings. The number of hydrogen-bond donors (Lipinski definition) is 1. The van der Waals surface area contributed by atoms with Crippen molar-refractivity contribution in [1.82, 2.24) is 0 Å². The quantitative estimate of drug-likeness (QED) is 0.919. The molecule has 4 heteroatoms. The van der Waals surface area contributed by atoms with Crippen LogP contribution >= 0.6 is 0 Å². The molecule has 0 bridgehead atoms. The number of benzene rings is 2. The third kappa shape index (κ3) is 3.79. The Bertz CT molecular complexity index is 680. The van der Waals surface area contributed by atoms with Crippen molar-refractivity contribution in [2.75, 3.05) is 19.5 Å². The first kappa shape index (κ1) is 15.9. The number of nitrogens with one attached hydrogen (secondary N) is 1. The monoisotopic (exact) mass is 299 g/mol. The lowest BCUT2D eigenvalue weighted by atomic mass is 10.1. The zero-order chi connectivity index (χ0) is 16.1. The van der Waals surface area contributed by atoms with E-state index in [0.717, 1.165) is 16.8 Å². The Morgan fingerprint density at radius 2 is 1.77 bits per heavy atom. The van der Waals surface area contributed by atoms with Gasteiger partial charge in [-0.15, -0.1) is 0 Å². The van der Waals surface area contributed by atoms with Gasteiger partial charge in [0, 0.05) is 11.3 Å². The maximum absolute atomic E-state index is 12.2. The molecule has 1 N–H and O–H groups in total. The van der Waals surface area contributed by atoms with Gasteiger partial charge in [0.25, 0.3) is 0 Å². The highest BCUT2D eigenvalue weighted by atomic mass is 16.5. The van der Waals surface area contributed by atoms with Crippen LogP contribution in [-0.4, -0.2) is 20.1 Å². The Morgan fingerprint density at radius 1 is 1.00 bits per heavy atom. The molecule has 4 nitrogen and oxygen atoms in total. The third-order valence-corrected chi connectivity index (χ3v) is 3.63. The highest BCUT2D eigenvalue weighted by Gasteiger charge is 2.11. The number of ether oxygens (including phenoxy) is 2. The normalized spacial score (nSPS) is 10.2. The SMILES string of the molecule is COc1ccc(OC)c(CC(=O)Nc2ccc(C)c(C)c2)c1. The van der Waals surface area contributed by atoms with Gasteiger partial charge in [0.15, 0.2) is 0 Å². The predicted molar refractivity (Wildman–Crippen MR) is 87.8 cm³/mol. The molecule has 0 unspecified atom stereocenters. The summed E-state index contributed by atoms with van der Waals surface area (Å²) < 4.78 is 10.5. The van der Waals surface area contributed by atoms with Crippen molar-refractivity contribution in [3.05, 3.63) is 53.1 Å². The summed E-state index contributed by atoms with van der Waals surface area (Å²) in [6.45, 7) is 4.07. The van der Waals surface area contributed by atoms with E-state index >= 15 is 0 Å². The fraction of sp³-hybridized carbons (Fsp3) is 0.278. The lowest BCUT2D eigenvalue weighted by Crippen LogP contribution is -2.15. The molecule has 2 rings (SSSR count). The van der Waals surface area contributed by atoms with Crippen LogP contribution in [-0.2, 0) is 11.2 Å². The molecular formula is C18H21NO3. The molecule has 0 radical (unpaired) electrons. The summed E-state index contributed by atoms with van der Waals surface area (Å²) in [4.78, 5) is 12.2. The fourth-order valence-electron chi connectivity index (χ4n) is 2.22. The molecule has 22 heavy (non-hydrogen) atoms. The second-order valence-electron chi connectivity index (χ2n) is 5.20. The molecule has 0 spiro atoms. The molecule has 1 amide bonds. The van der Waals surface area contributed by atoms with Crippen LogP contribution in [0.5, 0.6) is 11.5 Å². The van der Waals surface area contributed by atoms with Crippen molar-refractivity contribution in [2.24, 2.45) is 0 Å². The van der Waals surface area contributed by atoms with Crippen LogP contribution in [0.2, 0.25) is 0 Å². The molecule has 0 saturated carbocycles. The van der Waals surface area contributed by atoms with Crippen LogP contribution in [0.25, 0.3) is 0 Å². The fourth-order valence-corrected chi connectivity index (χ4v) is 2.22. The van der Waals surface area contributed by atoms with Crippen molar-refractivity contribution in [1.29, 1.82) is 0 Å². The number of amides is 1. The van der Waals surface area contributed by atoms with E-state index in [0.29, 0.717) is 11.5 Å². The van der Waals surface area contributed by atoms with E-state index in [-0.39, 0.29) is 12.3 Å². The van der Waals surface area contributed by atoms with Crippen LogP contribution in [0.3, 0.4) is 0 Å². The van der Waals surface area contributed by atoms with Gasteiger partial charge in [0.05, 0.1) is 20.6 Å². The molecule has 116 valence electrons. The summed E-state index contributed by atoms with van der Waals surface area (Å²) in [6.07, 6.45) is 0.229. The summed E-state index contributed by atoms with van der Waals surface area (Å²) >= 11 is 0. The lowest BCUT2D eigenvalue weighted by Gasteiger charge is -2.11. The van der Waals surface area contributed by atoms with Gasteiger partial charge in [-0.1, -0.05) is 6.07 Å². The number of rotatable bonds is 5. The molecule has 0 aromatic heterocycles. The zero-order valence-electron chi connectivity index (χ0n) is 13.4. The molecule has 0 fully saturated rings. The smallest absolute Gasteiger partial charge is 0.228 e. The number of aryl methyl sites for hydroxylation is 2. The summed E-state index contributed by atoms with van der Waals surface area (Å²) in [5, 5.41) is 2.91. The second kappa shape index (κ2) is 6.98. The minimum Gasteiger partial charge on any atom is -0.497 e. The zero-order valence-corrected chi connectivity index (χ0v) is 13.4. The van der Waals surface area contributed by atoms with E-state index in [2.05, 4.69) is 5.32 Å². The molecule has 0 aliphatic carbocycles.